The Kier molecular flexibility index (Phi) is 12.1. The lowest BCUT2D eigenvalue weighted by molar-refractivity contribution is -0.301. The maximum atomic E-state index is 12.0. The number of hydrogen-bond acceptors (Lipinski definition) is 15. The molecule has 0 saturated carbocycles. The van der Waals surface area contributed by atoms with Gasteiger partial charge >= 0.3 is 35.8 Å². The Balaban J connectivity index is 2.53. The van der Waals surface area contributed by atoms with Crippen molar-refractivity contribution in [2.75, 3.05) is 13.2 Å². The molecule has 2 heterocycles. The van der Waals surface area contributed by atoms with E-state index in [4.69, 9.17) is 50.5 Å². The van der Waals surface area contributed by atoms with E-state index in [-0.39, 0.29) is 5.76 Å². The summed E-state index contributed by atoms with van der Waals surface area (Å²) in [5, 5.41) is 0. The van der Waals surface area contributed by atoms with E-state index in [0.29, 0.717) is 0 Å². The zero-order valence-corrected chi connectivity index (χ0v) is 22.8. The second kappa shape index (κ2) is 14.8. The summed E-state index contributed by atoms with van der Waals surface area (Å²) in [6, 6.07) is -1.34. The summed E-state index contributed by atoms with van der Waals surface area (Å²) < 4.78 is 48.8. The zero-order valence-electron chi connectivity index (χ0n) is 22.8. The summed E-state index contributed by atoms with van der Waals surface area (Å²) in [5.41, 5.74) is 0. The summed E-state index contributed by atoms with van der Waals surface area (Å²) >= 11 is 0. The molecule has 2 aliphatic heterocycles. The number of carbonyl (C=O) groups excluding carboxylic acids is 6. The first kappa shape index (κ1) is 32.7. The molecule has 16 heteroatoms. The van der Waals surface area contributed by atoms with Crippen LogP contribution in [0.3, 0.4) is 0 Å². The third-order valence-corrected chi connectivity index (χ3v) is 5.23. The Morgan fingerprint density at radius 1 is 0.700 bits per heavy atom. The third-order valence-electron chi connectivity index (χ3n) is 5.23. The minimum atomic E-state index is -1.53. The lowest BCUT2D eigenvalue weighted by atomic mass is 9.84. The van der Waals surface area contributed by atoms with Crippen molar-refractivity contribution in [1.29, 1.82) is 0 Å². The first-order valence-electron chi connectivity index (χ1n) is 12.1. The van der Waals surface area contributed by atoms with Gasteiger partial charge in [-0.15, -0.1) is 0 Å². The molecule has 220 valence electrons. The molecule has 15 nitrogen and oxygen atoms in total. The summed E-state index contributed by atoms with van der Waals surface area (Å²) in [5.74, 6) is -4.56. The van der Waals surface area contributed by atoms with Crippen molar-refractivity contribution in [3.63, 3.8) is 0 Å². The van der Waals surface area contributed by atoms with Crippen LogP contribution in [0.15, 0.2) is 11.8 Å². The van der Waals surface area contributed by atoms with E-state index in [0.717, 1.165) is 41.5 Å². The van der Waals surface area contributed by atoms with Gasteiger partial charge in [0.15, 0.2) is 30.7 Å². The molecule has 0 N–H and O–H groups in total. The van der Waals surface area contributed by atoms with Crippen molar-refractivity contribution >= 4 is 43.7 Å². The Bertz CT molecular complexity index is 1010. The van der Waals surface area contributed by atoms with Gasteiger partial charge < -0.3 is 42.6 Å². The fourth-order valence-corrected chi connectivity index (χ4v) is 3.87. The summed E-state index contributed by atoms with van der Waals surface area (Å²) in [7, 11) is 6.04. The number of carbonyl (C=O) groups is 6. The van der Waals surface area contributed by atoms with Crippen LogP contribution >= 0.6 is 0 Å². The van der Waals surface area contributed by atoms with Crippen molar-refractivity contribution < 1.29 is 71.4 Å². The van der Waals surface area contributed by atoms with Gasteiger partial charge in [0.25, 0.3) is 0 Å². The average molecular weight is 570 g/mol. The van der Waals surface area contributed by atoms with Crippen LogP contribution < -0.4 is 0 Å². The quantitative estimate of drug-likeness (QED) is 0.183. The van der Waals surface area contributed by atoms with E-state index in [1.807, 2.05) is 0 Å². The van der Waals surface area contributed by atoms with Crippen LogP contribution in [-0.2, 0) is 71.4 Å². The van der Waals surface area contributed by atoms with E-state index in [1.54, 1.807) is 0 Å². The van der Waals surface area contributed by atoms with E-state index in [1.165, 1.54) is 6.08 Å². The Labute approximate surface area is 231 Å². The number of ether oxygens (including phenoxy) is 9. The van der Waals surface area contributed by atoms with Gasteiger partial charge in [-0.05, 0) is 0 Å². The fourth-order valence-electron chi connectivity index (χ4n) is 3.87. The topological polar surface area (TPSA) is 185 Å². The van der Waals surface area contributed by atoms with Crippen LogP contribution in [0.4, 0.5) is 0 Å². The summed E-state index contributed by atoms with van der Waals surface area (Å²) in [4.78, 5) is 70.3. The Morgan fingerprint density at radius 2 is 1.25 bits per heavy atom. The van der Waals surface area contributed by atoms with Crippen molar-refractivity contribution in [3.05, 3.63) is 11.8 Å². The third kappa shape index (κ3) is 9.91. The Morgan fingerprint density at radius 3 is 1.77 bits per heavy atom. The van der Waals surface area contributed by atoms with Crippen molar-refractivity contribution in [2.24, 2.45) is 0 Å². The van der Waals surface area contributed by atoms with Gasteiger partial charge in [-0.25, -0.2) is 0 Å². The molecule has 2 radical (unpaired) electrons. The molecular weight excluding hydrogens is 539 g/mol. The lowest BCUT2D eigenvalue weighted by Gasteiger charge is -2.46. The first-order chi connectivity index (χ1) is 18.7. The highest BCUT2D eigenvalue weighted by Crippen LogP contribution is 2.32. The number of rotatable bonds is 10. The largest absolute Gasteiger partial charge is 0.463 e. The molecule has 0 aromatic carbocycles. The zero-order chi connectivity index (χ0) is 30.1. The highest BCUT2D eigenvalue weighted by Gasteiger charge is 2.51. The highest BCUT2D eigenvalue weighted by atomic mass is 16.7. The molecule has 0 bridgehead atoms. The van der Waals surface area contributed by atoms with Crippen LogP contribution in [0.1, 0.15) is 41.5 Å². The van der Waals surface area contributed by atoms with Gasteiger partial charge in [0.05, 0.1) is 6.00 Å². The molecule has 0 amide bonds. The molecule has 8 atom stereocenters. The summed E-state index contributed by atoms with van der Waals surface area (Å²) in [6.07, 6.45) is -8.27. The second-order valence-corrected chi connectivity index (χ2v) is 8.72. The standard InChI is InChI=1S/C24H31BO15/c1-10(26)32-8-18-16(34-12(3)28)7-17(35-13(4)29)24(39-18)40-20-19(9-33-11(2)27)38-23(25)22(37-15(6)31)21(20)36-14(5)30/h7,17-24H,8-9H2,1-6H3. The van der Waals surface area contributed by atoms with E-state index in [9.17, 15) is 28.8 Å². The van der Waals surface area contributed by atoms with E-state index < -0.39 is 97.9 Å². The van der Waals surface area contributed by atoms with Crippen molar-refractivity contribution in [1.82, 2.24) is 0 Å². The molecule has 2 aliphatic rings. The van der Waals surface area contributed by atoms with Gasteiger partial charge in [0.2, 0.25) is 0 Å². The predicted molar refractivity (Wildman–Crippen MR) is 128 cm³/mol. The van der Waals surface area contributed by atoms with Gasteiger partial charge in [-0.3, -0.25) is 28.8 Å². The van der Waals surface area contributed by atoms with Crippen LogP contribution in [-0.4, -0.2) is 106 Å². The second-order valence-electron chi connectivity index (χ2n) is 8.72. The SMILES string of the molecule is [B]C1OC(COC(C)=O)C(OC2OC(COC(C)=O)C(OC(C)=O)=CC2OC(C)=O)C(OC(C)=O)C1OC(C)=O. The average Bonchev–Trinajstić information content (AvgIpc) is 2.81. The smallest absolute Gasteiger partial charge is 0.307 e. The van der Waals surface area contributed by atoms with Gasteiger partial charge in [0.1, 0.15) is 39.0 Å². The molecule has 0 aromatic heterocycles. The molecule has 8 unspecified atom stereocenters. The van der Waals surface area contributed by atoms with Crippen LogP contribution in [0.2, 0.25) is 0 Å². The molecular formula is C24H31BO15. The molecule has 40 heavy (non-hydrogen) atoms. The maximum Gasteiger partial charge on any atom is 0.307 e. The van der Waals surface area contributed by atoms with Crippen LogP contribution in [0.25, 0.3) is 0 Å². The fraction of sp³-hybridized carbons (Fsp3) is 0.667. The molecule has 0 spiro atoms. The number of hydrogen-bond donors (Lipinski definition) is 0. The molecule has 1 saturated heterocycles. The first-order valence-corrected chi connectivity index (χ1v) is 12.1. The predicted octanol–water partition coefficient (Wildman–Crippen LogP) is -0.642. The molecule has 0 aliphatic carbocycles. The van der Waals surface area contributed by atoms with Crippen molar-refractivity contribution in [2.45, 2.75) is 90.5 Å². The number of esters is 6. The van der Waals surface area contributed by atoms with E-state index in [2.05, 4.69) is 0 Å². The lowest BCUT2D eigenvalue weighted by Crippen LogP contribution is -2.63. The van der Waals surface area contributed by atoms with Gasteiger partial charge in [-0.1, -0.05) is 0 Å². The molecule has 1 fully saturated rings. The van der Waals surface area contributed by atoms with Crippen LogP contribution in [0.5, 0.6) is 0 Å². The van der Waals surface area contributed by atoms with Gasteiger partial charge in [0, 0.05) is 47.6 Å². The van der Waals surface area contributed by atoms with Gasteiger partial charge in [-0.2, -0.15) is 0 Å². The monoisotopic (exact) mass is 570 g/mol. The van der Waals surface area contributed by atoms with E-state index >= 15 is 0 Å². The van der Waals surface area contributed by atoms with Crippen molar-refractivity contribution in [3.8, 4) is 0 Å². The normalized spacial score (nSPS) is 29.7. The highest BCUT2D eigenvalue weighted by molar-refractivity contribution is 6.11. The molecule has 0 aromatic rings. The molecule has 2 rings (SSSR count). The maximum absolute atomic E-state index is 12.0. The minimum absolute atomic E-state index is 0.132. The summed E-state index contributed by atoms with van der Waals surface area (Å²) in [6.45, 7) is 5.84. The Hall–Kier alpha value is -3.50. The minimum Gasteiger partial charge on any atom is -0.463 e. The van der Waals surface area contributed by atoms with Crippen LogP contribution in [0, 0.1) is 0 Å².